The van der Waals surface area contributed by atoms with Crippen molar-refractivity contribution in [3.8, 4) is 11.5 Å². The minimum atomic E-state index is 0.476. The highest BCUT2D eigenvalue weighted by Gasteiger charge is 2.34. The highest BCUT2D eigenvalue weighted by molar-refractivity contribution is 5.51. The number of rotatable bonds is 9. The molecule has 3 unspecified atom stereocenters. The van der Waals surface area contributed by atoms with Gasteiger partial charge in [0, 0.05) is 58.4 Å². The summed E-state index contributed by atoms with van der Waals surface area (Å²) in [5.41, 5.74) is 2.46. The molecule has 1 saturated heterocycles. The Morgan fingerprint density at radius 2 is 1.79 bits per heavy atom. The predicted octanol–water partition coefficient (Wildman–Crippen LogP) is 4.40. The number of ether oxygens (including phenoxy) is 1. The first kappa shape index (κ1) is 24.1. The van der Waals surface area contributed by atoms with Gasteiger partial charge in [-0.3, -0.25) is 4.90 Å². The maximum atomic E-state index is 6.03. The van der Waals surface area contributed by atoms with E-state index in [4.69, 9.17) is 9.15 Å². The van der Waals surface area contributed by atoms with Gasteiger partial charge in [-0.15, -0.1) is 10.2 Å². The SMILES string of the molecule is COCCN1CCN(CC2C=C(C)C(Cc3nnc(-c4ccccc4)o3)CC2C(C)C)CC1. The molecular formula is C27H40N4O2. The van der Waals surface area contributed by atoms with Crippen molar-refractivity contribution in [1.29, 1.82) is 0 Å². The molecule has 180 valence electrons. The molecule has 4 rings (SSSR count). The van der Waals surface area contributed by atoms with Crippen LogP contribution in [0.1, 0.15) is 33.1 Å². The number of nitrogens with zero attached hydrogens (tertiary/aromatic N) is 4. The van der Waals surface area contributed by atoms with E-state index in [9.17, 15) is 0 Å². The maximum absolute atomic E-state index is 6.03. The normalized spacial score (nSPS) is 24.9. The highest BCUT2D eigenvalue weighted by Crippen LogP contribution is 2.39. The van der Waals surface area contributed by atoms with Crippen LogP contribution in [0.3, 0.4) is 0 Å². The van der Waals surface area contributed by atoms with Crippen molar-refractivity contribution in [3.63, 3.8) is 0 Å². The minimum absolute atomic E-state index is 0.476. The van der Waals surface area contributed by atoms with Crippen LogP contribution in [0.15, 0.2) is 46.4 Å². The summed E-state index contributed by atoms with van der Waals surface area (Å²) in [4.78, 5) is 5.18. The second kappa shape index (κ2) is 11.4. The molecular weight excluding hydrogens is 412 g/mol. The van der Waals surface area contributed by atoms with Crippen LogP contribution < -0.4 is 0 Å². The lowest BCUT2D eigenvalue weighted by molar-refractivity contribution is 0.0798. The van der Waals surface area contributed by atoms with Crippen LogP contribution in [0.2, 0.25) is 0 Å². The van der Waals surface area contributed by atoms with Crippen molar-refractivity contribution < 1.29 is 9.15 Å². The standard InChI is InChI=1S/C27H40N4O2/c1-20(2)25-17-23(18-26-28-29-27(33-26)22-8-6-5-7-9-22)21(3)16-24(25)19-31-12-10-30(11-13-31)14-15-32-4/h5-9,16,20,23-25H,10-15,17-19H2,1-4H3. The number of hydrogen-bond donors (Lipinski definition) is 0. The Hall–Kier alpha value is -2.02. The van der Waals surface area contributed by atoms with Gasteiger partial charge >= 0.3 is 0 Å². The number of benzene rings is 1. The molecule has 1 aromatic carbocycles. The fourth-order valence-electron chi connectivity index (χ4n) is 5.44. The molecule has 0 bridgehead atoms. The molecule has 3 atom stereocenters. The lowest BCUT2D eigenvalue weighted by Gasteiger charge is -2.41. The predicted molar refractivity (Wildman–Crippen MR) is 132 cm³/mol. The van der Waals surface area contributed by atoms with Crippen molar-refractivity contribution in [1.82, 2.24) is 20.0 Å². The molecule has 6 nitrogen and oxygen atoms in total. The molecule has 6 heteroatoms. The van der Waals surface area contributed by atoms with E-state index >= 15 is 0 Å². The van der Waals surface area contributed by atoms with E-state index in [1.165, 1.54) is 18.5 Å². The average Bonchev–Trinajstić information content (AvgIpc) is 3.29. The molecule has 33 heavy (non-hydrogen) atoms. The van der Waals surface area contributed by atoms with Crippen LogP contribution in [-0.4, -0.2) is 73.0 Å². The zero-order valence-electron chi connectivity index (χ0n) is 20.7. The van der Waals surface area contributed by atoms with E-state index < -0.39 is 0 Å². The number of methoxy groups -OCH3 is 1. The van der Waals surface area contributed by atoms with Crippen LogP contribution in [0.4, 0.5) is 0 Å². The summed E-state index contributed by atoms with van der Waals surface area (Å²) in [7, 11) is 1.79. The Balaban J connectivity index is 1.37. The monoisotopic (exact) mass is 452 g/mol. The summed E-state index contributed by atoms with van der Waals surface area (Å²) < 4.78 is 11.3. The van der Waals surface area contributed by atoms with Gasteiger partial charge in [0.25, 0.3) is 0 Å². The lowest BCUT2D eigenvalue weighted by Crippen LogP contribution is -2.49. The van der Waals surface area contributed by atoms with Crippen LogP contribution in [0.25, 0.3) is 11.5 Å². The van der Waals surface area contributed by atoms with Gasteiger partial charge in [-0.25, -0.2) is 0 Å². The van der Waals surface area contributed by atoms with Gasteiger partial charge in [0.1, 0.15) is 0 Å². The van der Waals surface area contributed by atoms with Gasteiger partial charge in [-0.2, -0.15) is 0 Å². The molecule has 0 N–H and O–H groups in total. The van der Waals surface area contributed by atoms with Crippen molar-refractivity contribution in [2.75, 3.05) is 53.0 Å². The van der Waals surface area contributed by atoms with Crippen LogP contribution in [0.5, 0.6) is 0 Å². The smallest absolute Gasteiger partial charge is 0.247 e. The maximum Gasteiger partial charge on any atom is 0.247 e. The summed E-state index contributed by atoms with van der Waals surface area (Å²) in [5.74, 6) is 3.80. The third-order valence-corrected chi connectivity index (χ3v) is 7.54. The molecule has 0 saturated carbocycles. The van der Waals surface area contributed by atoms with Crippen LogP contribution >= 0.6 is 0 Å². The molecule has 0 spiro atoms. The lowest BCUT2D eigenvalue weighted by atomic mass is 9.69. The van der Waals surface area contributed by atoms with Crippen molar-refractivity contribution in [3.05, 3.63) is 47.9 Å². The summed E-state index contributed by atoms with van der Waals surface area (Å²) in [6.07, 6.45) is 4.59. The molecule has 1 fully saturated rings. The fourth-order valence-corrected chi connectivity index (χ4v) is 5.44. The molecule has 2 aliphatic rings. The Morgan fingerprint density at radius 1 is 1.06 bits per heavy atom. The average molecular weight is 453 g/mol. The number of aromatic nitrogens is 2. The van der Waals surface area contributed by atoms with Gasteiger partial charge in [0.05, 0.1) is 6.61 Å². The van der Waals surface area contributed by atoms with Gasteiger partial charge < -0.3 is 14.1 Å². The van der Waals surface area contributed by atoms with E-state index in [0.29, 0.717) is 29.6 Å². The Labute approximate surface area is 199 Å². The van der Waals surface area contributed by atoms with Crippen LogP contribution in [-0.2, 0) is 11.2 Å². The molecule has 1 aliphatic heterocycles. The quantitative estimate of drug-likeness (QED) is 0.526. The molecule has 1 aliphatic carbocycles. The van der Waals surface area contributed by atoms with Gasteiger partial charge in [-0.1, -0.05) is 43.7 Å². The summed E-state index contributed by atoms with van der Waals surface area (Å²) >= 11 is 0. The molecule has 2 aromatic rings. The van der Waals surface area contributed by atoms with Crippen molar-refractivity contribution >= 4 is 0 Å². The van der Waals surface area contributed by atoms with E-state index in [1.807, 2.05) is 30.3 Å². The van der Waals surface area contributed by atoms with Gasteiger partial charge in [0.15, 0.2) is 0 Å². The molecule has 2 heterocycles. The number of hydrogen-bond acceptors (Lipinski definition) is 6. The largest absolute Gasteiger partial charge is 0.421 e. The summed E-state index contributed by atoms with van der Waals surface area (Å²) in [5, 5.41) is 8.66. The zero-order chi connectivity index (χ0) is 23.2. The first-order valence-corrected chi connectivity index (χ1v) is 12.5. The third kappa shape index (κ3) is 6.31. The number of allylic oxidation sites excluding steroid dienone is 1. The third-order valence-electron chi connectivity index (χ3n) is 7.54. The Morgan fingerprint density at radius 3 is 2.48 bits per heavy atom. The first-order valence-electron chi connectivity index (χ1n) is 12.5. The summed E-state index contributed by atoms with van der Waals surface area (Å²) in [6, 6.07) is 10.0. The van der Waals surface area contributed by atoms with Crippen molar-refractivity contribution in [2.45, 2.75) is 33.6 Å². The number of piperazine rings is 1. The van der Waals surface area contributed by atoms with Crippen LogP contribution in [0, 0.1) is 23.7 Å². The van der Waals surface area contributed by atoms with Gasteiger partial charge in [-0.05, 0) is 49.1 Å². The first-order chi connectivity index (χ1) is 16.0. The summed E-state index contributed by atoms with van der Waals surface area (Å²) in [6.45, 7) is 14.7. The minimum Gasteiger partial charge on any atom is -0.421 e. The molecule has 1 aromatic heterocycles. The van der Waals surface area contributed by atoms with E-state index in [-0.39, 0.29) is 0 Å². The second-order valence-corrected chi connectivity index (χ2v) is 10.1. The Bertz CT molecular complexity index is 887. The van der Waals surface area contributed by atoms with E-state index in [1.54, 1.807) is 7.11 Å². The zero-order valence-corrected chi connectivity index (χ0v) is 20.7. The second-order valence-electron chi connectivity index (χ2n) is 10.1. The van der Waals surface area contributed by atoms with Gasteiger partial charge in [0.2, 0.25) is 11.8 Å². The fraction of sp³-hybridized carbons (Fsp3) is 0.630. The van der Waals surface area contributed by atoms with E-state index in [2.05, 4.69) is 46.8 Å². The van der Waals surface area contributed by atoms with Crippen molar-refractivity contribution in [2.24, 2.45) is 23.7 Å². The Kier molecular flexibility index (Phi) is 8.34. The van der Waals surface area contributed by atoms with E-state index in [0.717, 1.165) is 57.2 Å². The molecule has 0 radical (unpaired) electrons. The topological polar surface area (TPSA) is 54.6 Å². The molecule has 0 amide bonds. The highest BCUT2D eigenvalue weighted by atomic mass is 16.5.